The van der Waals surface area contributed by atoms with E-state index in [1.165, 1.54) is 10.4 Å². The standard InChI is InChI=1S/C16H24N2O5S/c1-4-18(5-2)24(22,23)14-11-13(9-8-12(14)3)16(21)17-10-6-7-15(19)20/h8-9,11H,4-7,10H2,1-3H3,(H,17,21)(H,19,20). The van der Waals surface area contributed by atoms with E-state index in [0.717, 1.165) is 0 Å². The number of aryl methyl sites for hydroxylation is 1. The largest absolute Gasteiger partial charge is 0.481 e. The van der Waals surface area contributed by atoms with E-state index < -0.39 is 21.9 Å². The van der Waals surface area contributed by atoms with Crippen LogP contribution in [0.4, 0.5) is 0 Å². The summed E-state index contributed by atoms with van der Waals surface area (Å²) in [5.74, 6) is -1.34. The number of carbonyl (C=O) groups is 2. The Morgan fingerprint density at radius 2 is 1.83 bits per heavy atom. The van der Waals surface area contributed by atoms with E-state index in [9.17, 15) is 18.0 Å². The summed E-state index contributed by atoms with van der Waals surface area (Å²) in [6.45, 7) is 6.13. The molecule has 0 saturated carbocycles. The zero-order valence-electron chi connectivity index (χ0n) is 14.2. The van der Waals surface area contributed by atoms with Crippen molar-refractivity contribution in [1.82, 2.24) is 9.62 Å². The van der Waals surface area contributed by atoms with E-state index >= 15 is 0 Å². The average molecular weight is 356 g/mol. The maximum absolute atomic E-state index is 12.7. The smallest absolute Gasteiger partial charge is 0.303 e. The number of hydrogen-bond acceptors (Lipinski definition) is 4. The molecule has 0 aliphatic heterocycles. The van der Waals surface area contributed by atoms with Gasteiger partial charge in [-0.2, -0.15) is 4.31 Å². The minimum Gasteiger partial charge on any atom is -0.481 e. The van der Waals surface area contributed by atoms with Gasteiger partial charge in [0.1, 0.15) is 0 Å². The maximum Gasteiger partial charge on any atom is 0.303 e. The molecule has 0 aromatic heterocycles. The highest BCUT2D eigenvalue weighted by molar-refractivity contribution is 7.89. The molecular formula is C16H24N2O5S. The first kappa shape index (κ1) is 20.1. The number of benzene rings is 1. The molecule has 1 rings (SSSR count). The molecule has 134 valence electrons. The number of nitrogens with one attached hydrogen (secondary N) is 1. The van der Waals surface area contributed by atoms with Crippen LogP contribution in [0.1, 0.15) is 42.6 Å². The Kier molecular flexibility index (Phi) is 7.37. The molecule has 8 heteroatoms. The quantitative estimate of drug-likeness (QED) is 0.654. The molecule has 1 amide bonds. The number of aliphatic carboxylic acids is 1. The molecular weight excluding hydrogens is 332 g/mol. The molecule has 0 unspecified atom stereocenters. The first-order chi connectivity index (χ1) is 11.2. The van der Waals surface area contributed by atoms with E-state index in [4.69, 9.17) is 5.11 Å². The Labute approximate surface area is 142 Å². The van der Waals surface area contributed by atoms with Crippen molar-refractivity contribution in [2.75, 3.05) is 19.6 Å². The fraction of sp³-hybridized carbons (Fsp3) is 0.500. The Bertz CT molecular complexity index is 696. The van der Waals surface area contributed by atoms with Gasteiger partial charge in [0.15, 0.2) is 0 Å². The van der Waals surface area contributed by atoms with Gasteiger partial charge >= 0.3 is 5.97 Å². The maximum atomic E-state index is 12.7. The summed E-state index contributed by atoms with van der Waals surface area (Å²) >= 11 is 0. The molecule has 1 aromatic carbocycles. The molecule has 0 radical (unpaired) electrons. The highest BCUT2D eigenvalue weighted by atomic mass is 32.2. The topological polar surface area (TPSA) is 104 Å². The summed E-state index contributed by atoms with van der Waals surface area (Å²) in [4.78, 5) is 22.7. The SMILES string of the molecule is CCN(CC)S(=O)(=O)c1cc(C(=O)NCCCC(=O)O)ccc1C. The van der Waals surface area contributed by atoms with Gasteiger partial charge in [0.25, 0.3) is 5.91 Å². The van der Waals surface area contributed by atoms with Crippen molar-refractivity contribution in [3.63, 3.8) is 0 Å². The number of hydrogen-bond donors (Lipinski definition) is 2. The molecule has 0 spiro atoms. The fourth-order valence-electron chi connectivity index (χ4n) is 2.27. The van der Waals surface area contributed by atoms with Crippen molar-refractivity contribution in [3.8, 4) is 0 Å². The van der Waals surface area contributed by atoms with Crippen LogP contribution < -0.4 is 5.32 Å². The van der Waals surface area contributed by atoms with E-state index in [1.807, 2.05) is 0 Å². The lowest BCUT2D eigenvalue weighted by molar-refractivity contribution is -0.137. The Hall–Kier alpha value is -1.93. The minimum atomic E-state index is -3.65. The van der Waals surface area contributed by atoms with Crippen LogP contribution in [-0.4, -0.2) is 49.3 Å². The van der Waals surface area contributed by atoms with E-state index in [2.05, 4.69) is 5.32 Å². The molecule has 2 N–H and O–H groups in total. The molecule has 0 heterocycles. The molecule has 0 aliphatic rings. The zero-order valence-corrected chi connectivity index (χ0v) is 15.0. The van der Waals surface area contributed by atoms with Crippen LogP contribution in [0.5, 0.6) is 0 Å². The zero-order chi connectivity index (χ0) is 18.3. The van der Waals surface area contributed by atoms with E-state index in [1.54, 1.807) is 32.9 Å². The number of carbonyl (C=O) groups excluding carboxylic acids is 1. The summed E-state index contributed by atoms with van der Waals surface area (Å²) in [6, 6.07) is 4.53. The van der Waals surface area contributed by atoms with Crippen LogP contribution in [-0.2, 0) is 14.8 Å². The first-order valence-corrected chi connectivity index (χ1v) is 9.28. The summed E-state index contributed by atoms with van der Waals surface area (Å²) in [5.41, 5.74) is 0.811. The lowest BCUT2D eigenvalue weighted by Gasteiger charge is -2.20. The fourth-order valence-corrected chi connectivity index (χ4v) is 3.97. The molecule has 0 aliphatic carbocycles. The molecule has 0 bridgehead atoms. The summed E-state index contributed by atoms with van der Waals surface area (Å²) in [5, 5.41) is 11.2. The van der Waals surface area contributed by atoms with Gasteiger partial charge in [0, 0.05) is 31.6 Å². The second-order valence-electron chi connectivity index (χ2n) is 5.32. The molecule has 24 heavy (non-hydrogen) atoms. The van der Waals surface area contributed by atoms with Crippen molar-refractivity contribution in [1.29, 1.82) is 0 Å². The predicted octanol–water partition coefficient (Wildman–Crippen LogP) is 1.62. The Morgan fingerprint density at radius 1 is 1.21 bits per heavy atom. The third kappa shape index (κ3) is 5.04. The monoisotopic (exact) mass is 356 g/mol. The van der Waals surface area contributed by atoms with Gasteiger partial charge in [-0.05, 0) is 31.0 Å². The second-order valence-corrected chi connectivity index (χ2v) is 7.23. The van der Waals surface area contributed by atoms with Crippen LogP contribution in [0, 0.1) is 6.92 Å². The molecule has 7 nitrogen and oxygen atoms in total. The molecule has 0 fully saturated rings. The van der Waals surface area contributed by atoms with E-state index in [0.29, 0.717) is 25.1 Å². The highest BCUT2D eigenvalue weighted by Crippen LogP contribution is 2.21. The minimum absolute atomic E-state index is 0.0320. The number of carboxylic acids is 1. The van der Waals surface area contributed by atoms with Crippen molar-refractivity contribution in [2.24, 2.45) is 0 Å². The van der Waals surface area contributed by atoms with Gasteiger partial charge in [-0.1, -0.05) is 19.9 Å². The normalized spacial score (nSPS) is 11.5. The van der Waals surface area contributed by atoms with Crippen LogP contribution in [0.2, 0.25) is 0 Å². The van der Waals surface area contributed by atoms with Gasteiger partial charge in [-0.15, -0.1) is 0 Å². The summed E-state index contributed by atoms with van der Waals surface area (Å²) in [7, 11) is -3.65. The number of rotatable bonds is 9. The van der Waals surface area contributed by atoms with Crippen molar-refractivity contribution >= 4 is 21.9 Å². The number of sulfonamides is 1. The van der Waals surface area contributed by atoms with Gasteiger partial charge in [-0.3, -0.25) is 9.59 Å². The van der Waals surface area contributed by atoms with Crippen molar-refractivity contribution in [3.05, 3.63) is 29.3 Å². The van der Waals surface area contributed by atoms with Crippen LogP contribution >= 0.6 is 0 Å². The third-order valence-electron chi connectivity index (χ3n) is 3.63. The second kappa shape index (κ2) is 8.79. The number of nitrogens with zero attached hydrogens (tertiary/aromatic N) is 1. The summed E-state index contributed by atoms with van der Waals surface area (Å²) < 4.78 is 26.6. The average Bonchev–Trinajstić information content (AvgIpc) is 2.52. The lowest BCUT2D eigenvalue weighted by Crippen LogP contribution is -2.31. The van der Waals surface area contributed by atoms with E-state index in [-0.39, 0.29) is 23.4 Å². The van der Waals surface area contributed by atoms with Gasteiger partial charge in [-0.25, -0.2) is 8.42 Å². The van der Waals surface area contributed by atoms with Gasteiger partial charge in [0.2, 0.25) is 10.0 Å². The lowest BCUT2D eigenvalue weighted by atomic mass is 10.1. The van der Waals surface area contributed by atoms with Gasteiger partial charge in [0.05, 0.1) is 4.90 Å². The van der Waals surface area contributed by atoms with Crippen molar-refractivity contribution in [2.45, 2.75) is 38.5 Å². The number of carboxylic acid groups (broad SMARTS) is 1. The van der Waals surface area contributed by atoms with Crippen LogP contribution in [0.3, 0.4) is 0 Å². The first-order valence-electron chi connectivity index (χ1n) is 7.84. The van der Waals surface area contributed by atoms with Crippen LogP contribution in [0.15, 0.2) is 23.1 Å². The molecule has 1 aromatic rings. The Morgan fingerprint density at radius 3 is 2.38 bits per heavy atom. The highest BCUT2D eigenvalue weighted by Gasteiger charge is 2.24. The summed E-state index contributed by atoms with van der Waals surface area (Å²) in [6.07, 6.45) is 0.285. The molecule has 0 saturated heterocycles. The van der Waals surface area contributed by atoms with Gasteiger partial charge < -0.3 is 10.4 Å². The third-order valence-corrected chi connectivity index (χ3v) is 5.82. The van der Waals surface area contributed by atoms with Crippen LogP contribution in [0.25, 0.3) is 0 Å². The van der Waals surface area contributed by atoms with Crippen molar-refractivity contribution < 1.29 is 23.1 Å². The molecule has 0 atom stereocenters. The predicted molar refractivity (Wildman–Crippen MR) is 90.5 cm³/mol. The Balaban J connectivity index is 2.97. The number of amides is 1.